The Bertz CT molecular complexity index is 526. The molecule has 2 heterocycles. The number of hydrogen-bond donors (Lipinski definition) is 2. The number of nitrogens with one attached hydrogen (secondary N) is 2. The van der Waals surface area contributed by atoms with E-state index in [9.17, 15) is 0 Å². The van der Waals surface area contributed by atoms with Gasteiger partial charge in [0.1, 0.15) is 5.65 Å². The molecule has 3 nitrogen and oxygen atoms in total. The lowest BCUT2D eigenvalue weighted by Crippen LogP contribution is -2.34. The third kappa shape index (κ3) is 2.81. The highest BCUT2D eigenvalue weighted by Gasteiger charge is 2.19. The van der Waals surface area contributed by atoms with Crippen LogP contribution in [0.2, 0.25) is 0 Å². The molecular weight excluding hydrogens is 234 g/mol. The predicted molar refractivity (Wildman–Crippen MR) is 79.0 cm³/mol. The Labute approximate surface area is 114 Å². The second kappa shape index (κ2) is 5.74. The second-order valence-corrected chi connectivity index (χ2v) is 5.78. The minimum absolute atomic E-state index is 0.613. The van der Waals surface area contributed by atoms with Gasteiger partial charge in [0, 0.05) is 30.4 Å². The van der Waals surface area contributed by atoms with Crippen molar-refractivity contribution in [1.82, 2.24) is 15.3 Å². The van der Waals surface area contributed by atoms with E-state index in [0.717, 1.165) is 18.1 Å². The summed E-state index contributed by atoms with van der Waals surface area (Å²) in [6.45, 7) is 3.27. The summed E-state index contributed by atoms with van der Waals surface area (Å²) in [6, 6.07) is 4.76. The van der Waals surface area contributed by atoms with Gasteiger partial charge in [-0.15, -0.1) is 0 Å². The summed E-state index contributed by atoms with van der Waals surface area (Å²) in [5.74, 6) is 0.858. The highest BCUT2D eigenvalue weighted by Crippen LogP contribution is 2.26. The summed E-state index contributed by atoms with van der Waals surface area (Å²) in [4.78, 5) is 7.58. The Morgan fingerprint density at radius 3 is 3.05 bits per heavy atom. The van der Waals surface area contributed by atoms with Crippen LogP contribution in [0.3, 0.4) is 0 Å². The van der Waals surface area contributed by atoms with Crippen LogP contribution < -0.4 is 5.32 Å². The van der Waals surface area contributed by atoms with E-state index in [4.69, 9.17) is 0 Å². The first-order chi connectivity index (χ1) is 9.34. The molecule has 0 aliphatic heterocycles. The Kier molecular flexibility index (Phi) is 3.83. The summed E-state index contributed by atoms with van der Waals surface area (Å²) in [5, 5.41) is 4.94. The predicted octanol–water partition coefficient (Wildman–Crippen LogP) is 3.62. The molecule has 0 amide bonds. The molecule has 1 saturated carbocycles. The molecule has 1 fully saturated rings. The van der Waals surface area contributed by atoms with Crippen LogP contribution in [-0.2, 0) is 6.54 Å². The van der Waals surface area contributed by atoms with Crippen LogP contribution in [0.5, 0.6) is 0 Å². The van der Waals surface area contributed by atoms with Crippen LogP contribution in [0.1, 0.15) is 44.6 Å². The third-order valence-electron chi connectivity index (χ3n) is 4.51. The van der Waals surface area contributed by atoms with E-state index in [1.54, 1.807) is 0 Å². The normalized spacial score (nSPS) is 18.8. The summed E-state index contributed by atoms with van der Waals surface area (Å²) < 4.78 is 0. The molecule has 2 aromatic heterocycles. The summed E-state index contributed by atoms with van der Waals surface area (Å²) in [6.07, 6.45) is 10.9. The van der Waals surface area contributed by atoms with Gasteiger partial charge in [-0.1, -0.05) is 19.3 Å². The van der Waals surface area contributed by atoms with Crippen molar-refractivity contribution < 1.29 is 0 Å². The van der Waals surface area contributed by atoms with Crippen molar-refractivity contribution in [1.29, 1.82) is 0 Å². The number of pyridine rings is 1. The van der Waals surface area contributed by atoms with Gasteiger partial charge < -0.3 is 10.3 Å². The summed E-state index contributed by atoms with van der Waals surface area (Å²) in [7, 11) is 0. The average molecular weight is 257 g/mol. The zero-order valence-electron chi connectivity index (χ0n) is 11.7. The second-order valence-electron chi connectivity index (χ2n) is 5.78. The number of aromatic nitrogens is 2. The topological polar surface area (TPSA) is 40.7 Å². The van der Waals surface area contributed by atoms with Gasteiger partial charge in [0.15, 0.2) is 0 Å². The van der Waals surface area contributed by atoms with Crippen LogP contribution in [0.25, 0.3) is 11.0 Å². The molecule has 3 rings (SSSR count). The number of fused-ring (bicyclic) bond motifs is 1. The molecular formula is C16H23N3. The van der Waals surface area contributed by atoms with Crippen molar-refractivity contribution in [2.45, 2.75) is 51.6 Å². The molecule has 0 spiro atoms. The van der Waals surface area contributed by atoms with Crippen molar-refractivity contribution in [2.24, 2.45) is 5.92 Å². The van der Waals surface area contributed by atoms with Gasteiger partial charge in [-0.3, -0.25) is 0 Å². The Morgan fingerprint density at radius 2 is 2.21 bits per heavy atom. The Hall–Kier alpha value is -1.35. The standard InChI is InChI=1S/C16H23N3/c1-12(13-6-3-2-4-7-13)18-10-14-11-19-16-15(14)8-5-9-17-16/h5,8-9,11-13,18H,2-4,6-7,10H2,1H3,(H,17,19)/t12-/m1/s1. The van der Waals surface area contributed by atoms with E-state index >= 15 is 0 Å². The van der Waals surface area contributed by atoms with Crippen molar-refractivity contribution in [3.63, 3.8) is 0 Å². The number of hydrogen-bond acceptors (Lipinski definition) is 2. The van der Waals surface area contributed by atoms with Gasteiger partial charge in [0.25, 0.3) is 0 Å². The van der Waals surface area contributed by atoms with E-state index in [1.165, 1.54) is 43.1 Å². The molecule has 0 aromatic carbocycles. The summed E-state index contributed by atoms with van der Waals surface area (Å²) in [5.41, 5.74) is 2.32. The van der Waals surface area contributed by atoms with Crippen LogP contribution in [0.15, 0.2) is 24.5 Å². The smallest absolute Gasteiger partial charge is 0.137 e. The number of H-pyrrole nitrogens is 1. The number of nitrogens with zero attached hydrogens (tertiary/aromatic N) is 1. The van der Waals surface area contributed by atoms with Crippen LogP contribution in [0, 0.1) is 5.92 Å². The first-order valence-electron chi connectivity index (χ1n) is 7.49. The molecule has 2 aromatic rings. The Balaban J connectivity index is 1.62. The summed E-state index contributed by atoms with van der Waals surface area (Å²) >= 11 is 0. The average Bonchev–Trinajstić information content (AvgIpc) is 2.89. The van der Waals surface area contributed by atoms with Crippen molar-refractivity contribution in [3.8, 4) is 0 Å². The Morgan fingerprint density at radius 1 is 1.37 bits per heavy atom. The monoisotopic (exact) mass is 257 g/mol. The lowest BCUT2D eigenvalue weighted by Gasteiger charge is -2.28. The lowest BCUT2D eigenvalue weighted by atomic mass is 9.84. The maximum Gasteiger partial charge on any atom is 0.137 e. The fraction of sp³-hybridized carbons (Fsp3) is 0.562. The molecule has 0 bridgehead atoms. The highest BCUT2D eigenvalue weighted by molar-refractivity contribution is 5.79. The highest BCUT2D eigenvalue weighted by atomic mass is 14.9. The van der Waals surface area contributed by atoms with Gasteiger partial charge >= 0.3 is 0 Å². The maximum atomic E-state index is 4.34. The molecule has 1 aliphatic carbocycles. The quantitative estimate of drug-likeness (QED) is 0.878. The van der Waals surface area contributed by atoms with Crippen molar-refractivity contribution in [3.05, 3.63) is 30.1 Å². The minimum atomic E-state index is 0.613. The fourth-order valence-corrected chi connectivity index (χ4v) is 3.23. The molecule has 102 valence electrons. The van der Waals surface area contributed by atoms with E-state index < -0.39 is 0 Å². The molecule has 1 atom stereocenters. The molecule has 2 N–H and O–H groups in total. The van der Waals surface area contributed by atoms with E-state index in [1.807, 2.05) is 12.3 Å². The zero-order chi connectivity index (χ0) is 13.1. The van der Waals surface area contributed by atoms with Gasteiger partial charge in [0.05, 0.1) is 0 Å². The number of rotatable bonds is 4. The van der Waals surface area contributed by atoms with Gasteiger partial charge in [-0.05, 0) is 43.4 Å². The molecule has 19 heavy (non-hydrogen) atoms. The zero-order valence-corrected chi connectivity index (χ0v) is 11.7. The molecule has 0 radical (unpaired) electrons. The third-order valence-corrected chi connectivity index (χ3v) is 4.51. The van der Waals surface area contributed by atoms with E-state index in [-0.39, 0.29) is 0 Å². The first kappa shape index (κ1) is 12.7. The SMILES string of the molecule is C[C@@H](NCc1c[nH]c2ncccc12)C1CCCCC1. The first-order valence-corrected chi connectivity index (χ1v) is 7.49. The van der Waals surface area contributed by atoms with Crippen molar-refractivity contribution in [2.75, 3.05) is 0 Å². The maximum absolute atomic E-state index is 4.34. The van der Waals surface area contributed by atoms with Crippen molar-refractivity contribution >= 4 is 11.0 Å². The largest absolute Gasteiger partial charge is 0.346 e. The van der Waals surface area contributed by atoms with Gasteiger partial charge in [0.2, 0.25) is 0 Å². The van der Waals surface area contributed by atoms with Gasteiger partial charge in [-0.25, -0.2) is 4.98 Å². The molecule has 0 saturated heterocycles. The molecule has 0 unspecified atom stereocenters. The van der Waals surface area contributed by atoms with Gasteiger partial charge in [-0.2, -0.15) is 0 Å². The van der Waals surface area contributed by atoms with Crippen LogP contribution in [0.4, 0.5) is 0 Å². The molecule has 3 heteroatoms. The minimum Gasteiger partial charge on any atom is -0.346 e. The fourth-order valence-electron chi connectivity index (χ4n) is 3.23. The van der Waals surface area contributed by atoms with E-state index in [2.05, 4.69) is 34.5 Å². The van der Waals surface area contributed by atoms with Crippen LogP contribution in [-0.4, -0.2) is 16.0 Å². The van der Waals surface area contributed by atoms with E-state index in [0.29, 0.717) is 6.04 Å². The molecule has 1 aliphatic rings. The number of aromatic amines is 1. The van der Waals surface area contributed by atoms with Crippen LogP contribution >= 0.6 is 0 Å². The lowest BCUT2D eigenvalue weighted by molar-refractivity contribution is 0.281.